The van der Waals surface area contributed by atoms with E-state index in [1.807, 2.05) is 0 Å². The van der Waals surface area contributed by atoms with E-state index in [4.69, 9.17) is 0 Å². The molecular formula is C16H18OS2. The van der Waals surface area contributed by atoms with E-state index in [9.17, 15) is 4.21 Å². The van der Waals surface area contributed by atoms with Crippen molar-refractivity contribution in [2.75, 3.05) is 0 Å². The smallest absolute Gasteiger partial charge is 0.0851 e. The van der Waals surface area contributed by atoms with Gasteiger partial charge in [0, 0.05) is 5.75 Å². The highest BCUT2D eigenvalue weighted by atomic mass is 33.1. The molecule has 0 spiro atoms. The van der Waals surface area contributed by atoms with Crippen LogP contribution in [0.5, 0.6) is 0 Å². The minimum Gasteiger partial charge on any atom is -0.248 e. The van der Waals surface area contributed by atoms with Gasteiger partial charge in [0.1, 0.15) is 0 Å². The normalized spacial score (nSPS) is 12.3. The lowest BCUT2D eigenvalue weighted by Gasteiger charge is -2.03. The molecule has 0 aromatic heterocycles. The van der Waals surface area contributed by atoms with E-state index in [0.717, 1.165) is 11.3 Å². The van der Waals surface area contributed by atoms with Crippen LogP contribution in [0.25, 0.3) is 0 Å². The number of hydrogen-bond acceptors (Lipinski definition) is 2. The Balaban J connectivity index is 1.84. The molecule has 0 saturated carbocycles. The molecule has 1 atom stereocenters. The predicted octanol–water partition coefficient (Wildman–Crippen LogP) is 4.40. The van der Waals surface area contributed by atoms with Gasteiger partial charge in [0.15, 0.2) is 0 Å². The highest BCUT2D eigenvalue weighted by molar-refractivity contribution is 8.68. The summed E-state index contributed by atoms with van der Waals surface area (Å²) in [7, 11) is 0.640. The van der Waals surface area contributed by atoms with Crippen LogP contribution in [0.2, 0.25) is 0 Å². The van der Waals surface area contributed by atoms with Crippen molar-refractivity contribution in [3.05, 3.63) is 70.8 Å². The second-order valence-corrected chi connectivity index (χ2v) is 7.92. The molecule has 0 bridgehead atoms. The predicted molar refractivity (Wildman–Crippen MR) is 85.5 cm³/mol. The van der Waals surface area contributed by atoms with Crippen LogP contribution in [-0.2, 0) is 21.3 Å². The first-order valence-corrected chi connectivity index (χ1v) is 9.08. The van der Waals surface area contributed by atoms with Crippen LogP contribution in [-0.4, -0.2) is 4.21 Å². The van der Waals surface area contributed by atoms with Crippen molar-refractivity contribution in [3.8, 4) is 0 Å². The summed E-state index contributed by atoms with van der Waals surface area (Å²) < 4.78 is 12.0. The van der Waals surface area contributed by atoms with E-state index in [0.29, 0.717) is 5.75 Å². The highest BCUT2D eigenvalue weighted by Gasteiger charge is 2.03. The molecule has 0 N–H and O–H groups in total. The fraction of sp³-hybridized carbons (Fsp3) is 0.250. The maximum absolute atomic E-state index is 12.0. The zero-order valence-corrected chi connectivity index (χ0v) is 12.9. The third-order valence-corrected chi connectivity index (χ3v) is 5.66. The van der Waals surface area contributed by atoms with Crippen molar-refractivity contribution < 1.29 is 4.21 Å². The number of rotatable bonds is 5. The van der Waals surface area contributed by atoms with Gasteiger partial charge in [0.05, 0.1) is 15.6 Å². The molecule has 2 aromatic rings. The van der Waals surface area contributed by atoms with Crippen molar-refractivity contribution in [3.63, 3.8) is 0 Å². The first-order chi connectivity index (χ1) is 9.13. The summed E-state index contributed by atoms with van der Waals surface area (Å²) in [6, 6.07) is 16.6. The summed E-state index contributed by atoms with van der Waals surface area (Å²) in [5, 5.41) is 0. The first-order valence-electron chi connectivity index (χ1n) is 6.26. The van der Waals surface area contributed by atoms with Gasteiger partial charge in [-0.3, -0.25) is 0 Å². The van der Waals surface area contributed by atoms with Crippen molar-refractivity contribution >= 4 is 20.6 Å². The Morgan fingerprint density at radius 3 is 1.84 bits per heavy atom. The summed E-state index contributed by atoms with van der Waals surface area (Å²) in [4.78, 5) is 0. The van der Waals surface area contributed by atoms with Crippen LogP contribution in [0.4, 0.5) is 0 Å². The Labute approximate surface area is 121 Å². The molecule has 0 fully saturated rings. The van der Waals surface area contributed by atoms with E-state index in [2.05, 4.69) is 62.4 Å². The van der Waals surface area contributed by atoms with Crippen molar-refractivity contribution in [1.82, 2.24) is 0 Å². The highest BCUT2D eigenvalue weighted by Crippen LogP contribution is 2.20. The average molecular weight is 290 g/mol. The van der Waals surface area contributed by atoms with E-state index >= 15 is 0 Å². The lowest BCUT2D eigenvalue weighted by Crippen LogP contribution is -1.92. The number of benzene rings is 2. The Bertz CT molecular complexity index is 544. The third kappa shape index (κ3) is 4.84. The van der Waals surface area contributed by atoms with Crippen LogP contribution in [0.1, 0.15) is 22.3 Å². The standard InChI is InChI=1S/C16H18OS2/c1-13-3-7-15(8-4-13)11-18-19(17)12-16-9-5-14(2)6-10-16/h3-10H,11-12H2,1-2H3. The Hall–Kier alpha value is -1.06. The van der Waals surface area contributed by atoms with Gasteiger partial charge in [-0.2, -0.15) is 0 Å². The minimum atomic E-state index is -0.867. The Kier molecular flexibility index (Phi) is 5.23. The number of aryl methyl sites for hydroxylation is 2. The summed E-state index contributed by atoms with van der Waals surface area (Å²) in [5.74, 6) is 1.43. The maximum atomic E-state index is 12.0. The lowest BCUT2D eigenvalue weighted by atomic mass is 10.2. The quantitative estimate of drug-likeness (QED) is 0.759. The van der Waals surface area contributed by atoms with Gasteiger partial charge in [-0.05, 0) is 25.0 Å². The first kappa shape index (κ1) is 14.4. The van der Waals surface area contributed by atoms with Crippen molar-refractivity contribution in [2.24, 2.45) is 0 Å². The van der Waals surface area contributed by atoms with Crippen LogP contribution in [0, 0.1) is 13.8 Å². The largest absolute Gasteiger partial charge is 0.248 e. The molecule has 0 amide bonds. The van der Waals surface area contributed by atoms with E-state index in [1.165, 1.54) is 27.5 Å². The minimum absolute atomic E-state index is 0.622. The zero-order valence-electron chi connectivity index (χ0n) is 11.3. The van der Waals surface area contributed by atoms with Crippen LogP contribution in [0.3, 0.4) is 0 Å². The fourth-order valence-corrected chi connectivity index (χ4v) is 4.15. The molecule has 1 unspecified atom stereocenters. The molecule has 0 aliphatic rings. The molecule has 0 radical (unpaired) electrons. The lowest BCUT2D eigenvalue weighted by molar-refractivity contribution is 0.691. The summed E-state index contributed by atoms with van der Waals surface area (Å²) in [6.45, 7) is 4.14. The molecule has 0 heterocycles. The molecule has 19 heavy (non-hydrogen) atoms. The second kappa shape index (κ2) is 6.92. The van der Waals surface area contributed by atoms with E-state index < -0.39 is 9.83 Å². The summed E-state index contributed by atoms with van der Waals surface area (Å²) in [5.41, 5.74) is 4.87. The van der Waals surface area contributed by atoms with E-state index in [-0.39, 0.29) is 0 Å². The van der Waals surface area contributed by atoms with Crippen molar-refractivity contribution in [2.45, 2.75) is 25.4 Å². The van der Waals surface area contributed by atoms with Gasteiger partial charge in [-0.25, -0.2) is 4.21 Å². The maximum Gasteiger partial charge on any atom is 0.0851 e. The Morgan fingerprint density at radius 1 is 0.842 bits per heavy atom. The van der Waals surface area contributed by atoms with Gasteiger partial charge < -0.3 is 0 Å². The molecule has 0 aliphatic carbocycles. The Morgan fingerprint density at radius 2 is 1.32 bits per heavy atom. The second-order valence-electron chi connectivity index (χ2n) is 4.68. The molecule has 1 nitrogen and oxygen atoms in total. The zero-order chi connectivity index (χ0) is 13.7. The number of hydrogen-bond donors (Lipinski definition) is 0. The molecule has 2 aromatic carbocycles. The van der Waals surface area contributed by atoms with Crippen molar-refractivity contribution in [1.29, 1.82) is 0 Å². The van der Waals surface area contributed by atoms with Gasteiger partial charge in [0.25, 0.3) is 0 Å². The van der Waals surface area contributed by atoms with Gasteiger partial charge >= 0.3 is 0 Å². The van der Waals surface area contributed by atoms with Gasteiger partial charge in [0.2, 0.25) is 0 Å². The third-order valence-electron chi connectivity index (χ3n) is 2.88. The van der Waals surface area contributed by atoms with Gasteiger partial charge in [-0.15, -0.1) is 0 Å². The average Bonchev–Trinajstić information content (AvgIpc) is 2.41. The van der Waals surface area contributed by atoms with Crippen LogP contribution >= 0.6 is 10.8 Å². The summed E-state index contributed by atoms with van der Waals surface area (Å²) in [6.07, 6.45) is 0. The molecule has 3 heteroatoms. The van der Waals surface area contributed by atoms with Gasteiger partial charge in [-0.1, -0.05) is 70.5 Å². The van der Waals surface area contributed by atoms with Crippen LogP contribution < -0.4 is 0 Å². The van der Waals surface area contributed by atoms with E-state index in [1.54, 1.807) is 0 Å². The molecular weight excluding hydrogens is 272 g/mol. The molecule has 0 saturated heterocycles. The molecule has 100 valence electrons. The van der Waals surface area contributed by atoms with Crippen LogP contribution in [0.15, 0.2) is 48.5 Å². The topological polar surface area (TPSA) is 17.1 Å². The monoisotopic (exact) mass is 290 g/mol. The summed E-state index contributed by atoms with van der Waals surface area (Å²) >= 11 is 0. The molecule has 2 rings (SSSR count). The fourth-order valence-electron chi connectivity index (χ4n) is 1.68. The molecule has 0 aliphatic heterocycles. The SMILES string of the molecule is Cc1ccc(CSS(=O)Cc2ccc(C)cc2)cc1.